The first-order valence-corrected chi connectivity index (χ1v) is 12.0. The number of nitrogens with zero attached hydrogens (tertiary/aromatic N) is 3. The maximum absolute atomic E-state index is 12.5. The summed E-state index contributed by atoms with van der Waals surface area (Å²) in [6.45, 7) is 2.21. The maximum atomic E-state index is 12.5. The van der Waals surface area contributed by atoms with Gasteiger partial charge in [0.15, 0.2) is 6.61 Å². The number of carbonyl (C=O) groups is 2. The summed E-state index contributed by atoms with van der Waals surface area (Å²) in [6.07, 6.45) is 10.4. The first kappa shape index (κ1) is 22.0. The van der Waals surface area contributed by atoms with E-state index in [2.05, 4.69) is 22.2 Å². The summed E-state index contributed by atoms with van der Waals surface area (Å²) in [7, 11) is 3.38. The lowest BCUT2D eigenvalue weighted by Gasteiger charge is -2.59. The van der Waals surface area contributed by atoms with Crippen LogP contribution < -0.4 is 10.1 Å². The van der Waals surface area contributed by atoms with Crippen LogP contribution in [0.5, 0.6) is 5.88 Å². The van der Waals surface area contributed by atoms with Gasteiger partial charge in [0.05, 0.1) is 5.39 Å². The van der Waals surface area contributed by atoms with Crippen molar-refractivity contribution < 1.29 is 14.3 Å². The number of fused-ring (bicyclic) bond motifs is 1. The molecule has 0 aromatic carbocycles. The van der Waals surface area contributed by atoms with E-state index in [1.54, 1.807) is 25.4 Å². The number of thiophene rings is 1. The summed E-state index contributed by atoms with van der Waals surface area (Å²) >= 11 is 1.55. The van der Waals surface area contributed by atoms with Crippen LogP contribution in [0.3, 0.4) is 0 Å². The van der Waals surface area contributed by atoms with E-state index in [1.807, 2.05) is 11.4 Å². The lowest BCUT2D eigenvalue weighted by Crippen LogP contribution is -2.56. The van der Waals surface area contributed by atoms with Crippen molar-refractivity contribution in [2.24, 2.45) is 23.2 Å². The van der Waals surface area contributed by atoms with Crippen molar-refractivity contribution in [3.63, 3.8) is 0 Å². The van der Waals surface area contributed by atoms with Crippen molar-refractivity contribution >= 4 is 33.9 Å². The molecule has 0 radical (unpaired) electrons. The number of amides is 2. The van der Waals surface area contributed by atoms with Crippen LogP contribution in [-0.2, 0) is 9.59 Å². The maximum Gasteiger partial charge on any atom is 0.258 e. The van der Waals surface area contributed by atoms with E-state index in [0.717, 1.165) is 34.4 Å². The SMILES string of the molecule is CC(NC(=O)COc1ncnc2sccc12)C12CC3CC(CC(C3)C1)C2.CN(C)C=O. The van der Waals surface area contributed by atoms with Crippen molar-refractivity contribution in [1.82, 2.24) is 20.2 Å². The van der Waals surface area contributed by atoms with Crippen molar-refractivity contribution in [3.05, 3.63) is 17.8 Å². The van der Waals surface area contributed by atoms with E-state index in [-0.39, 0.29) is 18.6 Å². The Morgan fingerprint density at radius 1 is 1.26 bits per heavy atom. The predicted molar refractivity (Wildman–Crippen MR) is 121 cm³/mol. The molecule has 31 heavy (non-hydrogen) atoms. The summed E-state index contributed by atoms with van der Waals surface area (Å²) < 4.78 is 5.70. The van der Waals surface area contributed by atoms with Crippen LogP contribution in [0.1, 0.15) is 45.4 Å². The molecule has 2 heterocycles. The fourth-order valence-corrected chi connectivity index (χ4v) is 6.88. The van der Waals surface area contributed by atoms with Gasteiger partial charge in [-0.05, 0) is 80.1 Å². The normalized spacial score (nSPS) is 29.1. The second-order valence-corrected chi connectivity index (χ2v) is 10.6. The molecule has 2 amide bonds. The number of hydrogen-bond acceptors (Lipinski definition) is 6. The highest BCUT2D eigenvalue weighted by Crippen LogP contribution is 2.61. The minimum absolute atomic E-state index is 0.0126. The zero-order valence-corrected chi connectivity index (χ0v) is 19.4. The fraction of sp³-hybridized carbons (Fsp3) is 0.652. The van der Waals surface area contributed by atoms with Crippen LogP contribution in [0, 0.1) is 23.2 Å². The molecule has 168 valence electrons. The van der Waals surface area contributed by atoms with Crippen LogP contribution in [0.15, 0.2) is 17.8 Å². The summed E-state index contributed by atoms with van der Waals surface area (Å²) in [5, 5.41) is 6.08. The van der Waals surface area contributed by atoms with Gasteiger partial charge in [0.1, 0.15) is 11.2 Å². The Labute approximate surface area is 187 Å². The number of carbonyl (C=O) groups excluding carboxylic acids is 2. The van der Waals surface area contributed by atoms with Crippen LogP contribution in [0.4, 0.5) is 0 Å². The van der Waals surface area contributed by atoms with E-state index < -0.39 is 0 Å². The zero-order chi connectivity index (χ0) is 22.0. The molecule has 6 rings (SSSR count). The van der Waals surface area contributed by atoms with Crippen LogP contribution in [0.2, 0.25) is 0 Å². The average Bonchev–Trinajstić information content (AvgIpc) is 3.21. The molecule has 1 unspecified atom stereocenters. The Morgan fingerprint density at radius 2 is 1.87 bits per heavy atom. The Morgan fingerprint density at radius 3 is 2.45 bits per heavy atom. The molecule has 0 spiro atoms. The molecule has 1 N–H and O–H groups in total. The highest BCUT2D eigenvalue weighted by molar-refractivity contribution is 7.16. The smallest absolute Gasteiger partial charge is 0.258 e. The molecule has 4 saturated carbocycles. The molecular weight excluding hydrogens is 412 g/mol. The van der Waals surface area contributed by atoms with Gasteiger partial charge in [0.2, 0.25) is 12.3 Å². The number of ether oxygens (including phenoxy) is 1. The van der Waals surface area contributed by atoms with Gasteiger partial charge in [-0.3, -0.25) is 9.59 Å². The van der Waals surface area contributed by atoms with Crippen molar-refractivity contribution in [2.75, 3.05) is 20.7 Å². The zero-order valence-electron chi connectivity index (χ0n) is 18.5. The minimum Gasteiger partial charge on any atom is -0.467 e. The monoisotopic (exact) mass is 444 g/mol. The van der Waals surface area contributed by atoms with Crippen molar-refractivity contribution in [1.29, 1.82) is 0 Å². The molecule has 4 bridgehead atoms. The standard InChI is InChI=1S/C20H25N3O2S.C3H7NO/c1-12(20-7-13-4-14(8-20)6-15(5-13)9-20)23-17(24)10-25-18-16-2-3-26-19(16)22-11-21-18;1-4(2)3-5/h2-3,11-15H,4-10H2,1H3,(H,23,24);3H,1-2H3. The van der Waals surface area contributed by atoms with Gasteiger partial charge in [-0.1, -0.05) is 0 Å². The lowest BCUT2D eigenvalue weighted by atomic mass is 9.48. The van der Waals surface area contributed by atoms with Gasteiger partial charge in [0, 0.05) is 20.1 Å². The molecule has 4 aliphatic carbocycles. The fourth-order valence-electron chi connectivity index (χ4n) is 6.16. The van der Waals surface area contributed by atoms with E-state index in [9.17, 15) is 9.59 Å². The summed E-state index contributed by atoms with van der Waals surface area (Å²) in [5.41, 5.74) is 0.319. The number of nitrogens with one attached hydrogen (secondary N) is 1. The first-order valence-electron chi connectivity index (χ1n) is 11.1. The van der Waals surface area contributed by atoms with Crippen molar-refractivity contribution in [3.8, 4) is 5.88 Å². The average molecular weight is 445 g/mol. The number of rotatable bonds is 6. The van der Waals surface area contributed by atoms with Gasteiger partial charge >= 0.3 is 0 Å². The lowest BCUT2D eigenvalue weighted by molar-refractivity contribution is -0.127. The third-order valence-electron chi connectivity index (χ3n) is 7.16. The first-order chi connectivity index (χ1) is 14.9. The minimum atomic E-state index is -0.0461. The van der Waals surface area contributed by atoms with Crippen LogP contribution >= 0.6 is 11.3 Å². The van der Waals surface area contributed by atoms with Gasteiger partial charge < -0.3 is 15.0 Å². The third-order valence-corrected chi connectivity index (χ3v) is 7.98. The molecule has 4 aliphatic rings. The number of hydrogen-bond donors (Lipinski definition) is 1. The second kappa shape index (κ2) is 9.10. The van der Waals surface area contributed by atoms with Gasteiger partial charge in [-0.25, -0.2) is 9.97 Å². The molecule has 7 nitrogen and oxygen atoms in total. The molecule has 4 fully saturated rings. The van der Waals surface area contributed by atoms with E-state index in [1.165, 1.54) is 49.8 Å². The highest BCUT2D eigenvalue weighted by atomic mass is 32.1. The predicted octanol–water partition coefficient (Wildman–Crippen LogP) is 3.50. The van der Waals surface area contributed by atoms with Gasteiger partial charge in [0.25, 0.3) is 5.91 Å². The third kappa shape index (κ3) is 4.84. The summed E-state index contributed by atoms with van der Waals surface area (Å²) in [4.78, 5) is 32.7. The summed E-state index contributed by atoms with van der Waals surface area (Å²) in [5.74, 6) is 3.13. The van der Waals surface area contributed by atoms with Crippen LogP contribution in [-0.4, -0.2) is 53.9 Å². The van der Waals surface area contributed by atoms with Crippen LogP contribution in [0.25, 0.3) is 10.2 Å². The topological polar surface area (TPSA) is 84.4 Å². The van der Waals surface area contributed by atoms with E-state index >= 15 is 0 Å². The molecular formula is C23H32N4O3S. The molecule has 8 heteroatoms. The van der Waals surface area contributed by atoms with Crippen molar-refractivity contribution in [2.45, 2.75) is 51.5 Å². The van der Waals surface area contributed by atoms with Gasteiger partial charge in [-0.15, -0.1) is 11.3 Å². The Hall–Kier alpha value is -2.22. The quantitative estimate of drug-likeness (QED) is 0.690. The molecule has 2 aromatic rings. The summed E-state index contributed by atoms with van der Waals surface area (Å²) in [6, 6.07) is 2.16. The molecule has 2 aromatic heterocycles. The Kier molecular flexibility index (Phi) is 6.46. The molecule has 0 saturated heterocycles. The van der Waals surface area contributed by atoms with Gasteiger partial charge in [-0.2, -0.15) is 0 Å². The van der Waals surface area contributed by atoms with E-state index in [0.29, 0.717) is 11.3 Å². The Bertz CT molecular complexity index is 893. The largest absolute Gasteiger partial charge is 0.467 e. The van der Waals surface area contributed by atoms with E-state index in [4.69, 9.17) is 4.74 Å². The Balaban J connectivity index is 0.000000418. The molecule has 0 aliphatic heterocycles. The number of aromatic nitrogens is 2. The highest BCUT2D eigenvalue weighted by Gasteiger charge is 2.53. The second-order valence-electron chi connectivity index (χ2n) is 9.75. The molecule has 1 atom stereocenters.